The van der Waals surface area contributed by atoms with Gasteiger partial charge in [0.25, 0.3) is 11.8 Å². The van der Waals surface area contributed by atoms with E-state index in [0.29, 0.717) is 0 Å². The fraction of sp³-hybridized carbons (Fsp3) is 0.176. The molecule has 156 valence electrons. The molecule has 1 saturated heterocycles. The zero-order chi connectivity index (χ0) is 22.0. The Kier molecular flexibility index (Phi) is 4.22. The maximum Gasteiger partial charge on any atom is 0.525 e. The van der Waals surface area contributed by atoms with E-state index < -0.39 is 44.3 Å². The van der Waals surface area contributed by atoms with E-state index in [1.54, 1.807) is 0 Å². The molecule has 0 radical (unpaired) electrons. The first kappa shape index (κ1) is 20.0. The first-order valence-corrected chi connectivity index (χ1v) is 9.66. The van der Waals surface area contributed by atoms with E-state index in [2.05, 4.69) is 4.28 Å². The Labute approximate surface area is 165 Å². The number of carbonyl (C=O) groups excluding carboxylic acids is 4. The normalized spacial score (nSPS) is 17.4. The second kappa shape index (κ2) is 6.34. The Morgan fingerprint density at radius 1 is 0.867 bits per heavy atom. The predicted molar refractivity (Wildman–Crippen MR) is 92.2 cm³/mol. The number of benzene rings is 2. The quantitative estimate of drug-likeness (QED) is 0.526. The number of halogens is 3. The molecule has 2 heterocycles. The van der Waals surface area contributed by atoms with Gasteiger partial charge in [-0.3, -0.25) is 19.2 Å². The molecule has 30 heavy (non-hydrogen) atoms. The van der Waals surface area contributed by atoms with Gasteiger partial charge in [-0.15, -0.1) is 9.35 Å². The Morgan fingerprint density at radius 2 is 1.43 bits per heavy atom. The molecule has 0 N–H and O–H groups in total. The lowest BCUT2D eigenvalue weighted by molar-refractivity contribution is -0.121. The van der Waals surface area contributed by atoms with Crippen LogP contribution in [0.15, 0.2) is 30.3 Å². The molecule has 2 aliphatic heterocycles. The Balaban J connectivity index is 1.88. The van der Waals surface area contributed by atoms with Crippen molar-refractivity contribution in [2.45, 2.75) is 18.3 Å². The van der Waals surface area contributed by atoms with E-state index in [9.17, 15) is 40.8 Å². The summed E-state index contributed by atoms with van der Waals surface area (Å²) in [5, 5.41) is -0.374. The van der Waals surface area contributed by atoms with E-state index in [4.69, 9.17) is 0 Å². The van der Waals surface area contributed by atoms with Crippen molar-refractivity contribution in [3.05, 3.63) is 41.5 Å². The minimum Gasteiger partial charge on any atom is -0.274 e. The summed E-state index contributed by atoms with van der Waals surface area (Å²) in [6.07, 6.45) is -0.0346. The molecular formula is C17H9F3N2O7S. The van der Waals surface area contributed by atoms with Crippen molar-refractivity contribution in [1.29, 1.82) is 0 Å². The van der Waals surface area contributed by atoms with E-state index >= 15 is 0 Å². The Bertz CT molecular complexity index is 1230. The van der Waals surface area contributed by atoms with Gasteiger partial charge in [0.05, 0.1) is 16.8 Å². The molecule has 4 rings (SSSR count). The van der Waals surface area contributed by atoms with Gasteiger partial charge in [-0.05, 0) is 18.2 Å². The molecule has 0 saturated carbocycles. The number of alkyl halides is 3. The Morgan fingerprint density at radius 3 is 2.00 bits per heavy atom. The summed E-state index contributed by atoms with van der Waals surface area (Å²) in [6, 6.07) is 6.16. The zero-order valence-corrected chi connectivity index (χ0v) is 15.4. The van der Waals surface area contributed by atoms with Gasteiger partial charge < -0.3 is 0 Å². The highest BCUT2D eigenvalue weighted by Gasteiger charge is 2.51. The smallest absolute Gasteiger partial charge is 0.274 e. The third kappa shape index (κ3) is 2.77. The van der Waals surface area contributed by atoms with Gasteiger partial charge in [0.15, 0.2) is 0 Å². The maximum atomic E-state index is 12.6. The van der Waals surface area contributed by atoms with Crippen molar-refractivity contribution >= 4 is 50.2 Å². The van der Waals surface area contributed by atoms with Gasteiger partial charge in [0.1, 0.15) is 0 Å². The average Bonchev–Trinajstić information content (AvgIpc) is 3.00. The number of hydrogen-bond donors (Lipinski definition) is 0. The monoisotopic (exact) mass is 442 g/mol. The van der Waals surface area contributed by atoms with Crippen LogP contribution in [-0.4, -0.2) is 42.6 Å². The highest BCUT2D eigenvalue weighted by Crippen LogP contribution is 2.38. The summed E-state index contributed by atoms with van der Waals surface area (Å²) in [5.41, 5.74) is -6.43. The number of imide groups is 2. The molecule has 0 aromatic heterocycles. The lowest BCUT2D eigenvalue weighted by atomic mass is 9.93. The number of hydroxylamine groups is 2. The summed E-state index contributed by atoms with van der Waals surface area (Å²) in [5.74, 6) is -3.87. The van der Waals surface area contributed by atoms with E-state index in [-0.39, 0.29) is 40.4 Å². The number of hydrogen-bond acceptors (Lipinski definition) is 7. The molecular weight excluding hydrogens is 433 g/mol. The first-order valence-electron chi connectivity index (χ1n) is 8.25. The molecule has 2 aliphatic rings. The third-order valence-electron chi connectivity index (χ3n) is 4.60. The lowest BCUT2D eigenvalue weighted by Crippen LogP contribution is -2.44. The molecule has 2 aromatic carbocycles. The lowest BCUT2D eigenvalue weighted by Gasteiger charge is -2.27. The van der Waals surface area contributed by atoms with Crippen LogP contribution in [-0.2, 0) is 24.0 Å². The molecule has 2 aromatic rings. The second-order valence-corrected chi connectivity index (χ2v) is 7.88. The van der Waals surface area contributed by atoms with Gasteiger partial charge >= 0.3 is 15.6 Å². The highest BCUT2D eigenvalue weighted by atomic mass is 32.2. The number of nitrogens with zero attached hydrogens (tertiary/aromatic N) is 2. The molecule has 0 unspecified atom stereocenters. The summed E-state index contributed by atoms with van der Waals surface area (Å²) >= 11 is 0. The number of anilines is 1. The predicted octanol–water partition coefficient (Wildman–Crippen LogP) is 1.87. The zero-order valence-electron chi connectivity index (χ0n) is 14.6. The summed E-state index contributed by atoms with van der Waals surface area (Å²) < 4.78 is 64.3. The van der Waals surface area contributed by atoms with Gasteiger partial charge in [-0.25, -0.2) is 4.90 Å². The molecule has 9 nitrogen and oxygen atoms in total. The molecule has 4 amide bonds. The molecule has 0 atom stereocenters. The summed E-state index contributed by atoms with van der Waals surface area (Å²) in [4.78, 5) is 50.2. The number of rotatable bonds is 3. The molecule has 0 aliphatic carbocycles. The molecule has 1 fully saturated rings. The summed E-state index contributed by atoms with van der Waals surface area (Å²) in [6.45, 7) is 0. The number of carbonyl (C=O) groups is 4. The van der Waals surface area contributed by atoms with Crippen LogP contribution in [0.25, 0.3) is 10.8 Å². The molecule has 13 heteroatoms. The van der Waals surface area contributed by atoms with Crippen LogP contribution in [0.2, 0.25) is 0 Å². The van der Waals surface area contributed by atoms with E-state index in [1.165, 1.54) is 18.2 Å². The first-order chi connectivity index (χ1) is 13.9. The largest absolute Gasteiger partial charge is 0.525 e. The van der Waals surface area contributed by atoms with Crippen LogP contribution in [0, 0.1) is 0 Å². The fourth-order valence-electron chi connectivity index (χ4n) is 3.31. The standard InChI is InChI=1S/C17H9F3N2O7S/c18-17(19,20)30(27,28)29-22-15(25)9-3-1-2-8-11(21-12(23)6-7-13(21)24)5-4-10(14(8)9)16(22)26/h1-5H,6-7H2. The minimum absolute atomic E-state index is 0.0173. The highest BCUT2D eigenvalue weighted by molar-refractivity contribution is 7.87. The SMILES string of the molecule is O=C1c2cccc3c(N4C(=O)CCC4=O)ccc(c23)C(=O)N1OS(=O)(=O)C(F)(F)F. The molecule has 0 bridgehead atoms. The van der Waals surface area contributed by atoms with E-state index in [0.717, 1.165) is 17.0 Å². The van der Waals surface area contributed by atoms with Crippen LogP contribution in [0.5, 0.6) is 0 Å². The van der Waals surface area contributed by atoms with Crippen LogP contribution >= 0.6 is 0 Å². The molecule has 0 spiro atoms. The van der Waals surface area contributed by atoms with Gasteiger partial charge in [0.2, 0.25) is 11.8 Å². The van der Waals surface area contributed by atoms with Crippen LogP contribution in [0.1, 0.15) is 33.6 Å². The van der Waals surface area contributed by atoms with Gasteiger partial charge in [0, 0.05) is 23.6 Å². The van der Waals surface area contributed by atoms with Crippen molar-refractivity contribution in [3.8, 4) is 0 Å². The van der Waals surface area contributed by atoms with Crippen LogP contribution in [0.3, 0.4) is 0 Å². The summed E-state index contributed by atoms with van der Waals surface area (Å²) in [7, 11) is -6.28. The van der Waals surface area contributed by atoms with Crippen molar-refractivity contribution in [2.75, 3.05) is 4.90 Å². The second-order valence-electron chi connectivity index (χ2n) is 6.36. The van der Waals surface area contributed by atoms with Crippen molar-refractivity contribution in [1.82, 2.24) is 5.06 Å². The number of amides is 4. The van der Waals surface area contributed by atoms with Gasteiger partial charge in [-0.2, -0.15) is 21.6 Å². The topological polar surface area (TPSA) is 118 Å². The van der Waals surface area contributed by atoms with Crippen molar-refractivity contribution in [3.63, 3.8) is 0 Å². The van der Waals surface area contributed by atoms with Crippen LogP contribution in [0.4, 0.5) is 18.9 Å². The van der Waals surface area contributed by atoms with Crippen molar-refractivity contribution < 1.29 is 45.1 Å². The Hall–Kier alpha value is -3.32. The third-order valence-corrected chi connectivity index (χ3v) is 5.51. The fourth-order valence-corrected chi connectivity index (χ4v) is 3.72. The van der Waals surface area contributed by atoms with Crippen LogP contribution < -0.4 is 4.90 Å². The average molecular weight is 442 g/mol. The maximum absolute atomic E-state index is 12.6. The van der Waals surface area contributed by atoms with E-state index in [1.807, 2.05) is 0 Å². The minimum atomic E-state index is -6.28. The van der Waals surface area contributed by atoms with Crippen molar-refractivity contribution in [2.24, 2.45) is 0 Å². The van der Waals surface area contributed by atoms with Gasteiger partial charge in [-0.1, -0.05) is 12.1 Å².